The van der Waals surface area contributed by atoms with Crippen LogP contribution < -0.4 is 0 Å². The van der Waals surface area contributed by atoms with Crippen molar-refractivity contribution >= 4 is 164 Å². The van der Waals surface area contributed by atoms with Gasteiger partial charge in [-0.3, -0.25) is 9.15 Å². The molecular weight excluding hydrogens is 1290 g/mol. The zero-order valence-corrected chi connectivity index (χ0v) is 74.7. The lowest BCUT2D eigenvalue weighted by Gasteiger charge is -2.45. The van der Waals surface area contributed by atoms with Crippen molar-refractivity contribution in [3.63, 3.8) is 0 Å². The first-order valence-electron chi connectivity index (χ1n) is 26.9. The van der Waals surface area contributed by atoms with E-state index in [2.05, 4.69) is 196 Å². The Morgan fingerprint density at radius 3 is 0.395 bits per heavy atom. The Labute approximate surface area is 487 Å². The van der Waals surface area contributed by atoms with Crippen LogP contribution in [0.3, 0.4) is 0 Å². The standard InChI is InChI=1S/C38H116O19Si19/c1-58(2)39-40-60(5,6)42-62(9,10)44-64(13,14)46-66(17,18)48-68(21,22)50-70(25,26)52-72(29,30)54-74(33,34)56-76(37,38)57-75(35,36)55-73(31,32)53-71(27,28)51-69(23,24)49-67(19,20)47-65(15,16)45-63(11,12)43-61(7,8)41-59(3)4/h58-59H,1-38H3. The Morgan fingerprint density at radius 2 is 0.276 bits per heavy atom. The fourth-order valence-corrected chi connectivity index (χ4v) is 101. The monoisotopic (exact) mass is 1410 g/mol. The second-order valence-corrected chi connectivity index (χ2v) is 94.0. The largest absolute Gasteiger partial charge is 0.440 e. The minimum absolute atomic E-state index is 1.26. The van der Waals surface area contributed by atoms with Crippen LogP contribution in [0, 0.1) is 0 Å². The highest BCUT2D eigenvalue weighted by Crippen LogP contribution is 2.34. The van der Waals surface area contributed by atoms with E-state index in [1.165, 1.54) is 0 Å². The summed E-state index contributed by atoms with van der Waals surface area (Å²) in [4.78, 5) is 0. The molecule has 0 aliphatic carbocycles. The lowest BCUT2D eigenvalue weighted by molar-refractivity contribution is -0.132. The molecule has 0 aromatic rings. The molecule has 0 rings (SSSR count). The first-order chi connectivity index (χ1) is 32.6. The van der Waals surface area contributed by atoms with Gasteiger partial charge in [0.15, 0.2) is 9.04 Å². The molecule has 0 bridgehead atoms. The molecule has 458 valence electrons. The van der Waals surface area contributed by atoms with E-state index in [4.69, 9.17) is 79.1 Å². The SMILES string of the molecule is C[SiH](C)OO[Si](C)(C)O[Si](C)(C)O[Si](C)(C)O[Si](C)(C)O[Si](C)(C)O[Si](C)(C)O[Si](C)(C)O[Si](C)(C)O[Si](C)(C)O[Si](C)(C)O[Si](C)(C)O[Si](C)(C)O[Si](C)(C)O[Si](C)(C)O[Si](C)(C)O[Si](C)(C)O[Si](C)(C)O[SiH](C)C. The first kappa shape index (κ1) is 79.4. The van der Waals surface area contributed by atoms with E-state index >= 15 is 0 Å². The van der Waals surface area contributed by atoms with Crippen LogP contribution >= 0.6 is 0 Å². The van der Waals surface area contributed by atoms with Crippen molar-refractivity contribution in [3.05, 3.63) is 0 Å². The molecule has 0 N–H and O–H groups in total. The second-order valence-electron chi connectivity index (χ2n) is 27.8. The van der Waals surface area contributed by atoms with E-state index in [1.807, 2.05) is 52.4 Å². The van der Waals surface area contributed by atoms with E-state index in [0.29, 0.717) is 0 Å². The molecule has 0 radical (unpaired) electrons. The van der Waals surface area contributed by atoms with Crippen molar-refractivity contribution in [1.29, 1.82) is 0 Å². The van der Waals surface area contributed by atoms with E-state index in [9.17, 15) is 0 Å². The summed E-state index contributed by atoms with van der Waals surface area (Å²) in [6.07, 6.45) is 0. The van der Waals surface area contributed by atoms with Gasteiger partial charge in [-0.15, -0.1) is 0 Å². The van der Waals surface area contributed by atoms with Crippen LogP contribution in [-0.2, 0) is 79.1 Å². The molecule has 0 aliphatic heterocycles. The highest BCUT2D eigenvalue weighted by molar-refractivity contribution is 6.95. The molecule has 0 saturated carbocycles. The van der Waals surface area contributed by atoms with E-state index in [0.717, 1.165) is 0 Å². The van der Waals surface area contributed by atoms with Gasteiger partial charge in [-0.25, -0.2) is 0 Å². The average molecular weight is 1410 g/mol. The summed E-state index contributed by atoms with van der Waals surface area (Å²) in [6, 6.07) is 0. The molecule has 0 saturated heterocycles. The number of hydrogen-bond donors (Lipinski definition) is 0. The third kappa shape index (κ3) is 37.0. The molecule has 0 aliphatic rings. The Balaban J connectivity index is 5.77. The Bertz CT molecular complexity index is 1820. The predicted octanol–water partition coefficient (Wildman–Crippen LogP) is 13.1. The lowest BCUT2D eigenvalue weighted by atomic mass is 11.9. The van der Waals surface area contributed by atoms with Gasteiger partial charge in [0.2, 0.25) is 9.04 Å². The van der Waals surface area contributed by atoms with Crippen LogP contribution in [-0.4, -0.2) is 164 Å². The zero-order valence-electron chi connectivity index (χ0n) is 55.4. The van der Waals surface area contributed by atoms with Crippen molar-refractivity contribution in [2.24, 2.45) is 0 Å². The molecule has 0 aromatic carbocycles. The van der Waals surface area contributed by atoms with Gasteiger partial charge in [-0.1, -0.05) is 0 Å². The van der Waals surface area contributed by atoms with Gasteiger partial charge in [-0.2, -0.15) is 0 Å². The van der Waals surface area contributed by atoms with E-state index in [1.54, 1.807) is 0 Å². The quantitative estimate of drug-likeness (QED) is 0.0326. The highest BCUT2D eigenvalue weighted by atomic mass is 28.5. The second kappa shape index (κ2) is 27.6. The fourth-order valence-electron chi connectivity index (χ4n) is 10.6. The van der Waals surface area contributed by atoms with Crippen molar-refractivity contribution in [2.45, 2.75) is 249 Å². The van der Waals surface area contributed by atoms with Gasteiger partial charge in [0.05, 0.1) is 0 Å². The molecule has 0 atom stereocenters. The van der Waals surface area contributed by atoms with Gasteiger partial charge in [0.25, 0.3) is 0 Å². The first-order valence-corrected chi connectivity index (χ1v) is 80.3. The topological polar surface area (TPSA) is 175 Å². The van der Waals surface area contributed by atoms with Crippen molar-refractivity contribution in [3.8, 4) is 0 Å². The van der Waals surface area contributed by atoms with Gasteiger partial charge in [0, 0.05) is 0 Å². The summed E-state index contributed by atoms with van der Waals surface area (Å²) >= 11 is 0. The van der Waals surface area contributed by atoms with Crippen LogP contribution in [0.5, 0.6) is 0 Å². The summed E-state index contributed by atoms with van der Waals surface area (Å²) in [5.74, 6) is 0. The van der Waals surface area contributed by atoms with Crippen molar-refractivity contribution in [2.75, 3.05) is 0 Å². The maximum atomic E-state index is 6.92. The molecule has 0 aromatic heterocycles. The molecule has 0 amide bonds. The Kier molecular flexibility index (Phi) is 28.8. The van der Waals surface area contributed by atoms with Gasteiger partial charge >= 0.3 is 146 Å². The lowest BCUT2D eigenvalue weighted by Crippen LogP contribution is -2.63. The summed E-state index contributed by atoms with van der Waals surface area (Å²) < 4.78 is 127. The summed E-state index contributed by atoms with van der Waals surface area (Å²) in [5, 5.41) is 0. The van der Waals surface area contributed by atoms with Crippen LogP contribution in [0.25, 0.3) is 0 Å². The number of rotatable bonds is 37. The normalized spacial score (nSPS) is 15.9. The van der Waals surface area contributed by atoms with Gasteiger partial charge < -0.3 is 70.0 Å². The highest BCUT2D eigenvalue weighted by Gasteiger charge is 2.54. The van der Waals surface area contributed by atoms with Crippen LogP contribution in [0.2, 0.25) is 249 Å². The molecule has 38 heteroatoms. The summed E-state index contributed by atoms with van der Waals surface area (Å²) in [7, 11) is -49.1. The molecule has 0 spiro atoms. The molecule has 19 nitrogen and oxygen atoms in total. The maximum absolute atomic E-state index is 6.92. The average Bonchev–Trinajstić information content (AvgIpc) is 2.92. The van der Waals surface area contributed by atoms with Crippen LogP contribution in [0.15, 0.2) is 0 Å². The summed E-state index contributed by atoms with van der Waals surface area (Å²) in [6.45, 7) is 78.2. The maximum Gasteiger partial charge on any atom is 0.358 e. The molecular formula is C38H116O19Si19. The Morgan fingerprint density at radius 1 is 0.158 bits per heavy atom. The minimum Gasteiger partial charge on any atom is -0.440 e. The molecule has 0 unspecified atom stereocenters. The summed E-state index contributed by atoms with van der Waals surface area (Å²) in [5.41, 5.74) is 0. The minimum atomic E-state index is -2.84. The molecule has 0 fully saturated rings. The third-order valence-electron chi connectivity index (χ3n) is 8.83. The van der Waals surface area contributed by atoms with Crippen LogP contribution in [0.1, 0.15) is 0 Å². The van der Waals surface area contributed by atoms with Gasteiger partial charge in [0.1, 0.15) is 0 Å². The molecule has 0 heterocycles. The molecule has 76 heavy (non-hydrogen) atoms. The van der Waals surface area contributed by atoms with E-state index < -0.39 is 164 Å². The van der Waals surface area contributed by atoms with Crippen molar-refractivity contribution < 1.29 is 79.1 Å². The predicted molar refractivity (Wildman–Crippen MR) is 356 cm³/mol. The smallest absolute Gasteiger partial charge is 0.358 e. The van der Waals surface area contributed by atoms with E-state index in [-0.39, 0.29) is 0 Å². The number of hydrogen-bond acceptors (Lipinski definition) is 19. The van der Waals surface area contributed by atoms with Crippen molar-refractivity contribution in [1.82, 2.24) is 0 Å². The third-order valence-corrected chi connectivity index (χ3v) is 77.1. The fraction of sp³-hybridized carbons (Fsp3) is 1.00. The van der Waals surface area contributed by atoms with Crippen LogP contribution in [0.4, 0.5) is 0 Å². The zero-order chi connectivity index (χ0) is 61.1. The van der Waals surface area contributed by atoms with Gasteiger partial charge in [-0.05, 0) is 249 Å². The Hall–Kier alpha value is 3.36.